The number of likely N-dealkylation sites (N-methyl/N-ethyl adjacent to an activating group) is 1. The third-order valence-electron chi connectivity index (χ3n) is 2.45. The summed E-state index contributed by atoms with van der Waals surface area (Å²) >= 11 is 0. The molecule has 1 rings (SSSR count). The molecule has 0 aliphatic carbocycles. The van der Waals surface area contributed by atoms with Crippen LogP contribution in [0.25, 0.3) is 0 Å². The number of benzene rings is 1. The molecule has 0 heterocycles. The molecule has 1 aromatic rings. The van der Waals surface area contributed by atoms with Gasteiger partial charge in [-0.2, -0.15) is 4.31 Å². The maximum Gasteiger partial charge on any atom is 0.318 e. The molecule has 0 saturated heterocycles. The number of carbonyl (C=O) groups is 1. The van der Waals surface area contributed by atoms with Gasteiger partial charge in [-0.25, -0.2) is 21.6 Å². The van der Waals surface area contributed by atoms with Crippen molar-refractivity contribution in [1.82, 2.24) is 9.03 Å². The standard InChI is InChI=1S/C10H14N2O6S2/c1-11-19(15,16)8-5-3-4-6-9(8)20(17,18)12(2)7-10(13)14/h3-6,11H,7H2,1-2H3,(H,13,14). The SMILES string of the molecule is CNS(=O)(=O)c1ccccc1S(=O)(=O)N(C)CC(=O)O. The van der Waals surface area contributed by atoms with Crippen molar-refractivity contribution >= 4 is 26.0 Å². The van der Waals surface area contributed by atoms with Crippen molar-refractivity contribution in [3.05, 3.63) is 24.3 Å². The first-order valence-electron chi connectivity index (χ1n) is 5.33. The number of carboxylic acids is 1. The zero-order valence-corrected chi connectivity index (χ0v) is 12.4. The van der Waals surface area contributed by atoms with Gasteiger partial charge in [-0.3, -0.25) is 4.79 Å². The van der Waals surface area contributed by atoms with Crippen LogP contribution in [0, 0.1) is 0 Å². The molecular weight excluding hydrogens is 308 g/mol. The van der Waals surface area contributed by atoms with Crippen molar-refractivity contribution in [1.29, 1.82) is 0 Å². The van der Waals surface area contributed by atoms with E-state index in [0.717, 1.165) is 26.2 Å². The highest BCUT2D eigenvalue weighted by atomic mass is 32.2. The maximum absolute atomic E-state index is 12.2. The Hall–Kier alpha value is -1.49. The van der Waals surface area contributed by atoms with Crippen molar-refractivity contribution in [2.45, 2.75) is 9.79 Å². The van der Waals surface area contributed by atoms with Gasteiger partial charge in [0.05, 0.1) is 0 Å². The van der Waals surface area contributed by atoms with Gasteiger partial charge in [0.25, 0.3) is 0 Å². The number of carboxylic acid groups (broad SMARTS) is 1. The van der Waals surface area contributed by atoms with Gasteiger partial charge >= 0.3 is 5.97 Å². The molecule has 20 heavy (non-hydrogen) atoms. The van der Waals surface area contributed by atoms with E-state index in [1.54, 1.807) is 0 Å². The Morgan fingerprint density at radius 2 is 1.70 bits per heavy atom. The van der Waals surface area contributed by atoms with Crippen LogP contribution in [0.5, 0.6) is 0 Å². The van der Waals surface area contributed by atoms with Crippen LogP contribution in [0.15, 0.2) is 34.1 Å². The number of sulfonamides is 2. The Bertz CT molecular complexity index is 711. The molecule has 1 aromatic carbocycles. The summed E-state index contributed by atoms with van der Waals surface area (Å²) in [6, 6.07) is 4.97. The van der Waals surface area contributed by atoms with Gasteiger partial charge in [0, 0.05) is 7.05 Å². The molecule has 0 amide bonds. The first-order valence-corrected chi connectivity index (χ1v) is 8.26. The molecule has 2 N–H and O–H groups in total. The predicted octanol–water partition coefficient (Wildman–Crippen LogP) is -0.700. The third kappa shape index (κ3) is 3.33. The van der Waals surface area contributed by atoms with Crippen LogP contribution in [0.3, 0.4) is 0 Å². The summed E-state index contributed by atoms with van der Waals surface area (Å²) in [7, 11) is -5.99. The molecule has 0 fully saturated rings. The normalized spacial score (nSPS) is 12.6. The van der Waals surface area contributed by atoms with Crippen molar-refractivity contribution < 1.29 is 26.7 Å². The van der Waals surface area contributed by atoms with E-state index < -0.39 is 42.4 Å². The largest absolute Gasteiger partial charge is 0.480 e. The molecule has 0 aliphatic heterocycles. The summed E-state index contributed by atoms with van der Waals surface area (Å²) in [6.45, 7) is -0.768. The quantitative estimate of drug-likeness (QED) is 0.714. The van der Waals surface area contributed by atoms with Crippen LogP contribution in [-0.2, 0) is 24.8 Å². The van der Waals surface area contributed by atoms with Gasteiger partial charge in [-0.1, -0.05) is 12.1 Å². The van der Waals surface area contributed by atoms with Gasteiger partial charge in [-0.05, 0) is 19.2 Å². The Morgan fingerprint density at radius 3 is 2.15 bits per heavy atom. The molecule has 112 valence electrons. The van der Waals surface area contributed by atoms with E-state index in [2.05, 4.69) is 0 Å². The lowest BCUT2D eigenvalue weighted by Crippen LogP contribution is -2.33. The summed E-state index contributed by atoms with van der Waals surface area (Å²) in [5.41, 5.74) is 0. The summed E-state index contributed by atoms with van der Waals surface area (Å²) < 4.78 is 50.6. The first-order chi connectivity index (χ1) is 9.13. The highest BCUT2D eigenvalue weighted by Gasteiger charge is 2.29. The molecule has 0 bridgehead atoms. The Balaban J connectivity index is 3.45. The van der Waals surface area contributed by atoms with Crippen molar-refractivity contribution in [3.63, 3.8) is 0 Å². The van der Waals surface area contributed by atoms with Crippen LogP contribution >= 0.6 is 0 Å². The maximum atomic E-state index is 12.2. The molecule has 10 heteroatoms. The lowest BCUT2D eigenvalue weighted by atomic mass is 10.4. The van der Waals surface area contributed by atoms with E-state index in [1.165, 1.54) is 12.1 Å². The van der Waals surface area contributed by atoms with Crippen molar-refractivity contribution in [2.24, 2.45) is 0 Å². The molecule has 0 spiro atoms. The average molecular weight is 322 g/mol. The molecular formula is C10H14N2O6S2. The minimum absolute atomic E-state index is 0.431. The smallest absolute Gasteiger partial charge is 0.318 e. The van der Waals surface area contributed by atoms with E-state index in [0.29, 0.717) is 4.31 Å². The van der Waals surface area contributed by atoms with Crippen LogP contribution in [0.4, 0.5) is 0 Å². The van der Waals surface area contributed by atoms with E-state index >= 15 is 0 Å². The third-order valence-corrected chi connectivity index (χ3v) is 5.92. The van der Waals surface area contributed by atoms with E-state index in [9.17, 15) is 21.6 Å². The zero-order chi connectivity index (χ0) is 15.6. The van der Waals surface area contributed by atoms with Gasteiger partial charge in [0.1, 0.15) is 16.3 Å². The van der Waals surface area contributed by atoms with Gasteiger partial charge in [0.2, 0.25) is 20.0 Å². The molecule has 0 aromatic heterocycles. The number of nitrogens with zero attached hydrogens (tertiary/aromatic N) is 1. The first kappa shape index (κ1) is 16.6. The Labute approximate surface area is 117 Å². The molecule has 0 radical (unpaired) electrons. The minimum atomic E-state index is -4.22. The summed E-state index contributed by atoms with van der Waals surface area (Å²) in [4.78, 5) is 9.68. The molecule has 0 saturated carbocycles. The second-order valence-corrected chi connectivity index (χ2v) is 7.68. The molecule has 0 unspecified atom stereocenters. The fourth-order valence-corrected chi connectivity index (χ4v) is 4.08. The second-order valence-electron chi connectivity index (χ2n) is 3.81. The van der Waals surface area contributed by atoms with E-state index in [-0.39, 0.29) is 0 Å². The van der Waals surface area contributed by atoms with Crippen LogP contribution in [-0.4, -0.2) is 52.9 Å². The van der Waals surface area contributed by atoms with Gasteiger partial charge < -0.3 is 5.11 Å². The number of hydrogen-bond donors (Lipinski definition) is 2. The van der Waals surface area contributed by atoms with Crippen LogP contribution in [0.1, 0.15) is 0 Å². The highest BCUT2D eigenvalue weighted by molar-refractivity contribution is 7.92. The summed E-state index contributed by atoms with van der Waals surface area (Å²) in [5.74, 6) is -1.34. The fourth-order valence-electron chi connectivity index (χ4n) is 1.44. The predicted molar refractivity (Wildman–Crippen MR) is 70.1 cm³/mol. The topological polar surface area (TPSA) is 121 Å². The lowest BCUT2D eigenvalue weighted by molar-refractivity contribution is -0.137. The zero-order valence-electron chi connectivity index (χ0n) is 10.8. The fraction of sp³-hybridized carbons (Fsp3) is 0.300. The molecule has 0 aliphatic rings. The summed E-state index contributed by atoms with van der Waals surface area (Å²) in [6.07, 6.45) is 0. The lowest BCUT2D eigenvalue weighted by Gasteiger charge is -2.17. The second kappa shape index (κ2) is 5.87. The number of hydrogen-bond acceptors (Lipinski definition) is 5. The van der Waals surface area contributed by atoms with Crippen molar-refractivity contribution in [2.75, 3.05) is 20.6 Å². The number of rotatable bonds is 6. The van der Waals surface area contributed by atoms with Crippen LogP contribution in [0.2, 0.25) is 0 Å². The highest BCUT2D eigenvalue weighted by Crippen LogP contribution is 2.22. The number of aliphatic carboxylic acids is 1. The average Bonchev–Trinajstić information content (AvgIpc) is 2.38. The Kier molecular flexibility index (Phi) is 4.86. The summed E-state index contributed by atoms with van der Waals surface area (Å²) in [5, 5.41) is 8.63. The molecule has 0 atom stereocenters. The van der Waals surface area contributed by atoms with E-state index in [1.807, 2.05) is 4.72 Å². The van der Waals surface area contributed by atoms with Gasteiger partial charge in [0.15, 0.2) is 0 Å². The van der Waals surface area contributed by atoms with Crippen molar-refractivity contribution in [3.8, 4) is 0 Å². The van der Waals surface area contributed by atoms with E-state index in [4.69, 9.17) is 5.11 Å². The minimum Gasteiger partial charge on any atom is -0.480 e. The Morgan fingerprint density at radius 1 is 1.20 bits per heavy atom. The number of nitrogens with one attached hydrogen (secondary N) is 1. The molecule has 8 nitrogen and oxygen atoms in total. The van der Waals surface area contributed by atoms with Crippen LogP contribution < -0.4 is 4.72 Å². The monoisotopic (exact) mass is 322 g/mol. The van der Waals surface area contributed by atoms with Gasteiger partial charge in [-0.15, -0.1) is 0 Å².